The molecule has 1 amide bonds. The fourth-order valence-corrected chi connectivity index (χ4v) is 5.43. The summed E-state index contributed by atoms with van der Waals surface area (Å²) in [4.78, 5) is 16.7. The predicted molar refractivity (Wildman–Crippen MR) is 117 cm³/mol. The third-order valence-electron chi connectivity index (χ3n) is 4.91. The SMILES string of the molecule is CN(C(=O)OCc1cn(S(=O)(=O)c2cscc2C#N)c(-c2cccnc2F)c1F)C(C)(C)C. The molecule has 0 aliphatic heterocycles. The van der Waals surface area contributed by atoms with Crippen LogP contribution in [0.4, 0.5) is 13.6 Å². The van der Waals surface area contributed by atoms with E-state index >= 15 is 4.39 Å². The number of pyridine rings is 1. The molecule has 0 fully saturated rings. The molecule has 0 aromatic carbocycles. The van der Waals surface area contributed by atoms with E-state index in [1.54, 1.807) is 26.8 Å². The van der Waals surface area contributed by atoms with E-state index in [2.05, 4.69) is 4.98 Å². The van der Waals surface area contributed by atoms with Crippen molar-refractivity contribution in [3.63, 3.8) is 0 Å². The van der Waals surface area contributed by atoms with Gasteiger partial charge in [0.15, 0.2) is 5.82 Å². The van der Waals surface area contributed by atoms with Crippen molar-refractivity contribution in [3.05, 3.63) is 58.2 Å². The molecular weight excluding hydrogens is 474 g/mol. The Bertz CT molecular complexity index is 1350. The van der Waals surface area contributed by atoms with Gasteiger partial charge in [-0.3, -0.25) is 0 Å². The first-order valence-corrected chi connectivity index (χ1v) is 11.9. The van der Waals surface area contributed by atoms with Crippen molar-refractivity contribution in [2.45, 2.75) is 37.8 Å². The highest BCUT2D eigenvalue weighted by molar-refractivity contribution is 7.90. The fraction of sp³-hybridized carbons (Fsp3) is 0.286. The molecule has 3 aromatic heterocycles. The van der Waals surface area contributed by atoms with Crippen molar-refractivity contribution in [2.75, 3.05) is 7.05 Å². The highest BCUT2D eigenvalue weighted by Crippen LogP contribution is 2.33. The minimum Gasteiger partial charge on any atom is -0.444 e. The van der Waals surface area contributed by atoms with Gasteiger partial charge >= 0.3 is 6.09 Å². The van der Waals surface area contributed by atoms with E-state index < -0.39 is 51.3 Å². The van der Waals surface area contributed by atoms with Crippen LogP contribution in [0.25, 0.3) is 11.3 Å². The van der Waals surface area contributed by atoms with Crippen molar-refractivity contribution in [3.8, 4) is 17.3 Å². The normalized spacial score (nSPS) is 11.8. The Morgan fingerprint density at radius 3 is 2.64 bits per heavy atom. The number of hydrogen-bond donors (Lipinski definition) is 0. The first kappa shape index (κ1) is 24.3. The molecule has 33 heavy (non-hydrogen) atoms. The molecule has 0 unspecified atom stereocenters. The minimum absolute atomic E-state index is 0.133. The van der Waals surface area contributed by atoms with Crippen LogP contribution >= 0.6 is 11.3 Å². The number of aromatic nitrogens is 2. The van der Waals surface area contributed by atoms with Crippen LogP contribution in [0.3, 0.4) is 0 Å². The number of ether oxygens (including phenoxy) is 1. The first-order valence-electron chi connectivity index (χ1n) is 9.52. The lowest BCUT2D eigenvalue weighted by Crippen LogP contribution is -2.42. The maximum atomic E-state index is 15.5. The van der Waals surface area contributed by atoms with E-state index in [1.165, 1.54) is 34.8 Å². The fourth-order valence-electron chi connectivity index (χ4n) is 2.78. The van der Waals surface area contributed by atoms with Crippen LogP contribution in [-0.2, 0) is 21.4 Å². The highest BCUT2D eigenvalue weighted by atomic mass is 32.2. The Balaban J connectivity index is 2.13. The number of nitriles is 1. The zero-order chi connectivity index (χ0) is 24.6. The van der Waals surface area contributed by atoms with Gasteiger partial charge in [-0.25, -0.2) is 26.6 Å². The summed E-state index contributed by atoms with van der Waals surface area (Å²) < 4.78 is 62.2. The maximum Gasteiger partial charge on any atom is 0.410 e. The van der Waals surface area contributed by atoms with Gasteiger partial charge in [0.1, 0.15) is 23.3 Å². The van der Waals surface area contributed by atoms with E-state index in [-0.39, 0.29) is 16.0 Å². The Morgan fingerprint density at radius 1 is 1.33 bits per heavy atom. The third-order valence-corrected chi connectivity index (χ3v) is 7.50. The molecule has 12 heteroatoms. The molecule has 0 N–H and O–H groups in total. The van der Waals surface area contributed by atoms with Gasteiger partial charge in [0, 0.05) is 41.3 Å². The molecule has 0 saturated heterocycles. The quantitative estimate of drug-likeness (QED) is 0.488. The summed E-state index contributed by atoms with van der Waals surface area (Å²) in [5.41, 5.74) is -2.02. The molecule has 0 bridgehead atoms. The van der Waals surface area contributed by atoms with Crippen molar-refractivity contribution in [2.24, 2.45) is 0 Å². The average molecular weight is 495 g/mol. The minimum atomic E-state index is -4.49. The lowest BCUT2D eigenvalue weighted by atomic mass is 10.1. The van der Waals surface area contributed by atoms with Gasteiger partial charge in [-0.1, -0.05) is 0 Å². The molecule has 0 atom stereocenters. The molecule has 8 nitrogen and oxygen atoms in total. The average Bonchev–Trinajstić information content (AvgIpc) is 3.36. The smallest absolute Gasteiger partial charge is 0.410 e. The molecule has 0 aliphatic rings. The van der Waals surface area contributed by atoms with Crippen molar-refractivity contribution < 1.29 is 26.7 Å². The molecule has 3 heterocycles. The summed E-state index contributed by atoms with van der Waals surface area (Å²) >= 11 is 0.978. The maximum absolute atomic E-state index is 15.5. The largest absolute Gasteiger partial charge is 0.444 e. The Kier molecular flexibility index (Phi) is 6.58. The van der Waals surface area contributed by atoms with E-state index in [9.17, 15) is 22.9 Å². The molecule has 3 aromatic rings. The molecule has 0 spiro atoms. The van der Waals surface area contributed by atoms with Gasteiger partial charge in [-0.15, -0.1) is 11.3 Å². The summed E-state index contributed by atoms with van der Waals surface area (Å²) in [6.07, 6.45) is 1.29. The van der Waals surface area contributed by atoms with Gasteiger partial charge in [0.2, 0.25) is 5.95 Å². The van der Waals surface area contributed by atoms with E-state index in [4.69, 9.17) is 4.74 Å². The standard InChI is InChI=1S/C21H20F2N4O4S2/c1-21(2,3)26(4)20(28)31-10-14-9-27(33(29,30)16-12-32-11-13(16)8-24)18(17(14)22)15-6-5-7-25-19(15)23/h5-7,9,11-12H,10H2,1-4H3. The Labute approximate surface area is 193 Å². The van der Waals surface area contributed by atoms with Crippen molar-refractivity contribution >= 4 is 27.5 Å². The van der Waals surface area contributed by atoms with Crippen LogP contribution in [-0.4, -0.2) is 41.0 Å². The summed E-state index contributed by atoms with van der Waals surface area (Å²) in [5.74, 6) is -2.18. The number of halogens is 2. The summed E-state index contributed by atoms with van der Waals surface area (Å²) in [7, 11) is -2.99. The lowest BCUT2D eigenvalue weighted by Gasteiger charge is -2.30. The van der Waals surface area contributed by atoms with Crippen molar-refractivity contribution in [1.29, 1.82) is 5.26 Å². The second kappa shape index (κ2) is 8.92. The van der Waals surface area contributed by atoms with Crippen LogP contribution in [0.5, 0.6) is 0 Å². The van der Waals surface area contributed by atoms with E-state index in [0.29, 0.717) is 3.97 Å². The second-order valence-electron chi connectivity index (χ2n) is 8.01. The zero-order valence-corrected chi connectivity index (χ0v) is 19.8. The third kappa shape index (κ3) is 4.60. The first-order chi connectivity index (χ1) is 15.4. The molecule has 0 saturated carbocycles. The number of thiophene rings is 1. The molecule has 3 rings (SSSR count). The predicted octanol–water partition coefficient (Wildman–Crippen LogP) is 4.37. The summed E-state index contributed by atoms with van der Waals surface area (Å²) in [6, 6.07) is 4.27. The van der Waals surface area contributed by atoms with E-state index in [1.807, 2.05) is 0 Å². The highest BCUT2D eigenvalue weighted by Gasteiger charge is 2.31. The number of carbonyl (C=O) groups is 1. The van der Waals surface area contributed by atoms with Gasteiger partial charge < -0.3 is 9.64 Å². The van der Waals surface area contributed by atoms with Crippen LogP contribution in [0.2, 0.25) is 0 Å². The second-order valence-corrected chi connectivity index (χ2v) is 10.5. The molecule has 0 radical (unpaired) electrons. The van der Waals surface area contributed by atoms with Crippen LogP contribution in [0, 0.1) is 23.1 Å². The van der Waals surface area contributed by atoms with Gasteiger partial charge in [-0.2, -0.15) is 9.65 Å². The molecule has 0 aliphatic carbocycles. The number of amides is 1. The topological polar surface area (TPSA) is 105 Å². The number of hydrogen-bond acceptors (Lipinski definition) is 7. The summed E-state index contributed by atoms with van der Waals surface area (Å²) in [6.45, 7) is 4.72. The van der Waals surface area contributed by atoms with Gasteiger partial charge in [-0.05, 0) is 32.9 Å². The summed E-state index contributed by atoms with van der Waals surface area (Å²) in [5, 5.41) is 11.8. The number of nitrogens with zero attached hydrogens (tertiary/aromatic N) is 4. The molecular formula is C21H20F2N4O4S2. The van der Waals surface area contributed by atoms with Crippen LogP contribution in [0.1, 0.15) is 31.9 Å². The van der Waals surface area contributed by atoms with Crippen LogP contribution < -0.4 is 0 Å². The Hall–Kier alpha value is -3.30. The van der Waals surface area contributed by atoms with Crippen LogP contribution in [0.15, 0.2) is 40.2 Å². The molecule has 174 valence electrons. The lowest BCUT2D eigenvalue weighted by molar-refractivity contribution is 0.0753. The number of carbonyl (C=O) groups excluding carboxylic acids is 1. The van der Waals surface area contributed by atoms with Gasteiger partial charge in [0.25, 0.3) is 10.0 Å². The zero-order valence-electron chi connectivity index (χ0n) is 18.2. The number of rotatable bonds is 5. The van der Waals surface area contributed by atoms with E-state index in [0.717, 1.165) is 23.7 Å². The monoisotopic (exact) mass is 494 g/mol. The van der Waals surface area contributed by atoms with Crippen molar-refractivity contribution in [1.82, 2.24) is 13.9 Å². The van der Waals surface area contributed by atoms with Gasteiger partial charge in [0.05, 0.1) is 11.1 Å². The Morgan fingerprint density at radius 2 is 2.03 bits per heavy atom.